The number of nitrogens with one attached hydrogen (secondary N) is 3. The van der Waals surface area contributed by atoms with Crippen LogP contribution >= 0.6 is 0 Å². The lowest BCUT2D eigenvalue weighted by atomic mass is 9.99. The summed E-state index contributed by atoms with van der Waals surface area (Å²) >= 11 is 0. The van der Waals surface area contributed by atoms with Crippen molar-refractivity contribution in [1.29, 1.82) is 0 Å². The maximum Gasteiger partial charge on any atom is 0.240 e. The second-order valence-electron chi connectivity index (χ2n) is 11.1. The molecule has 0 spiro atoms. The van der Waals surface area contributed by atoms with Gasteiger partial charge in [0.15, 0.2) is 23.1 Å². The van der Waals surface area contributed by atoms with E-state index in [0.29, 0.717) is 59.2 Å². The highest BCUT2D eigenvalue weighted by Crippen LogP contribution is 2.47. The van der Waals surface area contributed by atoms with Gasteiger partial charge in [0.25, 0.3) is 0 Å². The monoisotopic (exact) mass is 602 g/mol. The predicted molar refractivity (Wildman–Crippen MR) is 161 cm³/mol. The van der Waals surface area contributed by atoms with Crippen LogP contribution in [0.25, 0.3) is 10.9 Å². The zero-order valence-electron chi connectivity index (χ0n) is 24.1. The number of nitrogens with zero attached hydrogens (tertiary/aromatic N) is 1. The molecule has 4 aromatic rings. The fourth-order valence-corrected chi connectivity index (χ4v) is 5.24. The molecule has 44 heavy (non-hydrogen) atoms. The van der Waals surface area contributed by atoms with E-state index in [1.165, 1.54) is 36.4 Å². The molecule has 1 saturated heterocycles. The number of methoxy groups -OCH3 is 1. The number of pyridine rings is 1. The Morgan fingerprint density at radius 2 is 1.59 bits per heavy atom. The van der Waals surface area contributed by atoms with Crippen LogP contribution in [0.15, 0.2) is 66.9 Å². The van der Waals surface area contributed by atoms with Gasteiger partial charge >= 0.3 is 0 Å². The molecule has 11 heteroatoms. The van der Waals surface area contributed by atoms with Crippen molar-refractivity contribution in [3.05, 3.63) is 78.5 Å². The van der Waals surface area contributed by atoms with Crippen LogP contribution in [0.2, 0.25) is 0 Å². The molecule has 0 atom stereocenters. The summed E-state index contributed by atoms with van der Waals surface area (Å²) in [6.07, 6.45) is 4.32. The number of halogens is 2. The summed E-state index contributed by atoms with van der Waals surface area (Å²) in [5.74, 6) is -0.339. The second kappa shape index (κ2) is 12.5. The van der Waals surface area contributed by atoms with E-state index in [-0.39, 0.29) is 11.4 Å². The van der Waals surface area contributed by atoms with Crippen LogP contribution < -0.4 is 30.2 Å². The molecule has 1 aliphatic heterocycles. The number of carbonyl (C=O) groups is 2. The fraction of sp³-hybridized carbons (Fsp3) is 0.303. The van der Waals surface area contributed by atoms with E-state index in [0.717, 1.165) is 32.0 Å². The van der Waals surface area contributed by atoms with Crippen molar-refractivity contribution in [2.45, 2.75) is 25.7 Å². The van der Waals surface area contributed by atoms with Gasteiger partial charge in [-0.05, 0) is 93.2 Å². The van der Waals surface area contributed by atoms with E-state index in [1.807, 2.05) is 0 Å². The molecule has 1 aromatic heterocycles. The average Bonchev–Trinajstić information content (AvgIpc) is 3.85. The minimum absolute atomic E-state index is 0.0568. The Bertz CT molecular complexity index is 1690. The number of aromatic nitrogens is 1. The van der Waals surface area contributed by atoms with Gasteiger partial charge in [-0.1, -0.05) is 0 Å². The maximum absolute atomic E-state index is 15.3. The Balaban J connectivity index is 1.15. The molecule has 3 aromatic carbocycles. The molecule has 2 aliphatic rings. The summed E-state index contributed by atoms with van der Waals surface area (Å²) in [6, 6.07) is 14.5. The molecule has 3 N–H and O–H groups in total. The zero-order chi connectivity index (χ0) is 30.7. The fourth-order valence-electron chi connectivity index (χ4n) is 5.24. The Labute approximate surface area is 252 Å². The molecule has 1 saturated carbocycles. The second-order valence-corrected chi connectivity index (χ2v) is 11.1. The number of benzene rings is 3. The van der Waals surface area contributed by atoms with Gasteiger partial charge in [0.1, 0.15) is 17.0 Å². The number of anilines is 2. The summed E-state index contributed by atoms with van der Waals surface area (Å²) in [4.78, 5) is 30.3. The SMILES string of the molecule is COc1cc2nccc(Oc3ccc(NC(=O)C4(C(=O)Nc5ccc(F)cc5)CC4)cc3F)c2cc1OCC1CCNCC1. The molecular weight excluding hydrogens is 570 g/mol. The smallest absolute Gasteiger partial charge is 0.240 e. The standard InChI is InChI=1S/C33H32F2N4O5/c1-42-29-18-26-24(17-30(29)43-19-20-8-13-36-14-9-20)27(10-15-37-26)44-28-7-6-23(16-25(28)35)39-32(41)33(11-12-33)31(40)38-22-4-2-21(34)3-5-22/h2-7,10,15-18,20,36H,8-9,11-14,19H2,1H3,(H,38,40)(H,39,41). The first kappa shape index (κ1) is 29.3. The number of ether oxygens (including phenoxy) is 3. The van der Waals surface area contributed by atoms with Crippen molar-refractivity contribution < 1.29 is 32.6 Å². The highest BCUT2D eigenvalue weighted by Gasteiger charge is 2.56. The third-order valence-electron chi connectivity index (χ3n) is 8.05. The minimum atomic E-state index is -1.27. The largest absolute Gasteiger partial charge is 0.493 e. The normalized spacial score (nSPS) is 15.8. The van der Waals surface area contributed by atoms with Crippen molar-refractivity contribution >= 4 is 34.1 Å². The van der Waals surface area contributed by atoms with Crippen LogP contribution in [0.5, 0.6) is 23.0 Å². The van der Waals surface area contributed by atoms with E-state index in [2.05, 4.69) is 20.9 Å². The average molecular weight is 603 g/mol. The van der Waals surface area contributed by atoms with Gasteiger partial charge in [-0.2, -0.15) is 0 Å². The van der Waals surface area contributed by atoms with Gasteiger partial charge in [-0.3, -0.25) is 14.6 Å². The minimum Gasteiger partial charge on any atom is -0.493 e. The molecule has 1 aliphatic carbocycles. The number of hydrogen-bond donors (Lipinski definition) is 3. The summed E-state index contributed by atoms with van der Waals surface area (Å²) in [6.45, 7) is 2.48. The predicted octanol–water partition coefficient (Wildman–Crippen LogP) is 6.05. The van der Waals surface area contributed by atoms with Gasteiger partial charge in [-0.25, -0.2) is 8.78 Å². The lowest BCUT2D eigenvalue weighted by Gasteiger charge is -2.23. The van der Waals surface area contributed by atoms with Crippen LogP contribution in [0.4, 0.5) is 20.2 Å². The van der Waals surface area contributed by atoms with Crippen molar-refractivity contribution in [1.82, 2.24) is 10.3 Å². The van der Waals surface area contributed by atoms with Crippen molar-refractivity contribution in [2.24, 2.45) is 11.3 Å². The summed E-state index contributed by atoms with van der Waals surface area (Å²) in [7, 11) is 1.57. The van der Waals surface area contributed by atoms with Gasteiger partial charge < -0.3 is 30.2 Å². The van der Waals surface area contributed by atoms with E-state index in [9.17, 15) is 14.0 Å². The highest BCUT2D eigenvalue weighted by molar-refractivity contribution is 6.16. The van der Waals surface area contributed by atoms with Crippen LogP contribution in [0.3, 0.4) is 0 Å². The Morgan fingerprint density at radius 3 is 2.27 bits per heavy atom. The zero-order valence-corrected chi connectivity index (χ0v) is 24.1. The molecule has 228 valence electrons. The number of carbonyl (C=O) groups excluding carboxylic acids is 2. The van der Waals surface area contributed by atoms with Crippen molar-refractivity contribution in [3.8, 4) is 23.0 Å². The van der Waals surface area contributed by atoms with Crippen LogP contribution in [0.1, 0.15) is 25.7 Å². The molecule has 9 nitrogen and oxygen atoms in total. The Morgan fingerprint density at radius 1 is 0.886 bits per heavy atom. The third kappa shape index (κ3) is 6.28. The highest BCUT2D eigenvalue weighted by atomic mass is 19.1. The van der Waals surface area contributed by atoms with Gasteiger partial charge in [0.2, 0.25) is 11.8 Å². The molecular formula is C33H32F2N4O5. The summed E-state index contributed by atoms with van der Waals surface area (Å²) in [5.41, 5.74) is -0.124. The summed E-state index contributed by atoms with van der Waals surface area (Å²) < 4.78 is 46.1. The molecule has 2 amide bonds. The first-order valence-electron chi connectivity index (χ1n) is 14.5. The summed E-state index contributed by atoms with van der Waals surface area (Å²) in [5, 5.41) is 9.26. The topological polar surface area (TPSA) is 111 Å². The first-order valence-corrected chi connectivity index (χ1v) is 14.5. The van der Waals surface area contributed by atoms with Crippen molar-refractivity contribution in [3.63, 3.8) is 0 Å². The molecule has 0 radical (unpaired) electrons. The third-order valence-corrected chi connectivity index (χ3v) is 8.05. The molecule has 2 fully saturated rings. The molecule has 6 rings (SSSR count). The number of piperidine rings is 1. The molecule has 0 unspecified atom stereocenters. The number of rotatable bonds is 10. The maximum atomic E-state index is 15.3. The van der Waals surface area contributed by atoms with Crippen LogP contribution in [-0.2, 0) is 9.59 Å². The van der Waals surface area contributed by atoms with Gasteiger partial charge in [0, 0.05) is 35.1 Å². The van der Waals surface area contributed by atoms with Gasteiger partial charge in [0.05, 0.1) is 19.2 Å². The van der Waals surface area contributed by atoms with Crippen LogP contribution in [-0.4, -0.2) is 43.6 Å². The van der Waals surface area contributed by atoms with E-state index >= 15 is 4.39 Å². The molecule has 0 bridgehead atoms. The van der Waals surface area contributed by atoms with Crippen molar-refractivity contribution in [2.75, 3.05) is 37.4 Å². The Hall–Kier alpha value is -4.77. The number of hydrogen-bond acceptors (Lipinski definition) is 7. The van der Waals surface area contributed by atoms with E-state index < -0.39 is 28.9 Å². The molecule has 2 heterocycles. The lowest BCUT2D eigenvalue weighted by molar-refractivity contribution is -0.131. The Kier molecular flexibility index (Phi) is 8.30. The van der Waals surface area contributed by atoms with E-state index in [1.54, 1.807) is 31.5 Å². The quantitative estimate of drug-likeness (QED) is 0.190. The first-order chi connectivity index (χ1) is 21.3. The number of amides is 2. The van der Waals surface area contributed by atoms with Crippen LogP contribution in [0, 0.1) is 23.0 Å². The van der Waals surface area contributed by atoms with E-state index in [4.69, 9.17) is 14.2 Å². The van der Waals surface area contributed by atoms with Gasteiger partial charge in [-0.15, -0.1) is 0 Å². The lowest BCUT2D eigenvalue weighted by Crippen LogP contribution is -2.35. The number of fused-ring (bicyclic) bond motifs is 1.